The standard InChI is InChI=1S/C17H24N2O3/c1-19(14-8-9-18-11-14)17(20)13-4-6-15(7-5-13)22-12-16-3-2-10-21-16/h4-7,14,16,18H,2-3,8-12H2,1H3. The molecular formula is C17H24N2O3. The molecule has 3 rings (SSSR count). The molecule has 120 valence electrons. The molecule has 2 atom stereocenters. The van der Waals surface area contributed by atoms with E-state index in [4.69, 9.17) is 9.47 Å². The highest BCUT2D eigenvalue weighted by molar-refractivity contribution is 5.94. The van der Waals surface area contributed by atoms with Gasteiger partial charge in [-0.25, -0.2) is 0 Å². The summed E-state index contributed by atoms with van der Waals surface area (Å²) < 4.78 is 11.3. The molecule has 1 amide bonds. The van der Waals surface area contributed by atoms with Gasteiger partial charge in [0.15, 0.2) is 0 Å². The number of carbonyl (C=O) groups is 1. The van der Waals surface area contributed by atoms with Crippen LogP contribution in [-0.4, -0.2) is 56.3 Å². The minimum Gasteiger partial charge on any atom is -0.491 e. The van der Waals surface area contributed by atoms with Crippen LogP contribution in [0.2, 0.25) is 0 Å². The maximum atomic E-state index is 12.4. The third kappa shape index (κ3) is 3.59. The number of nitrogens with zero attached hydrogens (tertiary/aromatic N) is 1. The van der Waals surface area contributed by atoms with Gasteiger partial charge < -0.3 is 19.7 Å². The Morgan fingerprint density at radius 1 is 1.36 bits per heavy atom. The number of amides is 1. The number of nitrogens with one attached hydrogen (secondary N) is 1. The molecule has 0 bridgehead atoms. The number of carbonyl (C=O) groups excluding carboxylic acids is 1. The minimum atomic E-state index is 0.0689. The van der Waals surface area contributed by atoms with Crippen LogP contribution in [-0.2, 0) is 4.74 Å². The summed E-state index contributed by atoms with van der Waals surface area (Å²) in [6.45, 7) is 3.29. The van der Waals surface area contributed by atoms with Gasteiger partial charge in [0.05, 0.1) is 6.10 Å². The van der Waals surface area contributed by atoms with Crippen molar-refractivity contribution in [2.75, 3.05) is 33.4 Å². The number of hydrogen-bond donors (Lipinski definition) is 1. The lowest BCUT2D eigenvalue weighted by molar-refractivity contribution is 0.0678. The maximum Gasteiger partial charge on any atom is 0.253 e. The van der Waals surface area contributed by atoms with Crippen LogP contribution in [0.15, 0.2) is 24.3 Å². The number of hydrogen-bond acceptors (Lipinski definition) is 4. The summed E-state index contributed by atoms with van der Waals surface area (Å²) in [6, 6.07) is 7.70. The van der Waals surface area contributed by atoms with E-state index in [-0.39, 0.29) is 12.0 Å². The number of likely N-dealkylation sites (N-methyl/N-ethyl adjacent to an activating group) is 1. The normalized spacial score (nSPS) is 24.4. The maximum absolute atomic E-state index is 12.4. The zero-order chi connectivity index (χ0) is 15.4. The average Bonchev–Trinajstić information content (AvgIpc) is 3.25. The second kappa shape index (κ2) is 7.11. The van der Waals surface area contributed by atoms with Crippen molar-refractivity contribution in [1.82, 2.24) is 10.2 Å². The quantitative estimate of drug-likeness (QED) is 0.899. The molecule has 2 aliphatic heterocycles. The summed E-state index contributed by atoms with van der Waals surface area (Å²) in [5.74, 6) is 0.858. The van der Waals surface area contributed by atoms with Gasteiger partial charge in [-0.15, -0.1) is 0 Å². The van der Waals surface area contributed by atoms with Crippen LogP contribution >= 0.6 is 0 Å². The SMILES string of the molecule is CN(C(=O)c1ccc(OCC2CCCO2)cc1)C1CCNC1. The van der Waals surface area contributed by atoms with Gasteiger partial charge in [-0.05, 0) is 50.1 Å². The Morgan fingerprint density at radius 2 is 2.18 bits per heavy atom. The fourth-order valence-electron chi connectivity index (χ4n) is 3.00. The van der Waals surface area contributed by atoms with E-state index in [1.54, 1.807) is 0 Å². The van der Waals surface area contributed by atoms with E-state index in [0.29, 0.717) is 18.2 Å². The van der Waals surface area contributed by atoms with Crippen molar-refractivity contribution in [3.05, 3.63) is 29.8 Å². The van der Waals surface area contributed by atoms with Crippen LogP contribution in [0.25, 0.3) is 0 Å². The van der Waals surface area contributed by atoms with Crippen molar-refractivity contribution in [2.24, 2.45) is 0 Å². The largest absolute Gasteiger partial charge is 0.491 e. The summed E-state index contributed by atoms with van der Waals surface area (Å²) in [5, 5.41) is 3.29. The first kappa shape index (κ1) is 15.3. The number of ether oxygens (including phenoxy) is 2. The second-order valence-electron chi connectivity index (χ2n) is 6.03. The molecule has 2 saturated heterocycles. The lowest BCUT2D eigenvalue weighted by Crippen LogP contribution is -2.38. The fraction of sp³-hybridized carbons (Fsp3) is 0.588. The van der Waals surface area contributed by atoms with E-state index in [2.05, 4.69) is 5.32 Å². The summed E-state index contributed by atoms with van der Waals surface area (Å²) >= 11 is 0. The molecule has 5 nitrogen and oxygen atoms in total. The molecule has 0 aliphatic carbocycles. The topological polar surface area (TPSA) is 50.8 Å². The van der Waals surface area contributed by atoms with Crippen molar-refractivity contribution in [2.45, 2.75) is 31.4 Å². The summed E-state index contributed by atoms with van der Waals surface area (Å²) in [7, 11) is 1.88. The summed E-state index contributed by atoms with van der Waals surface area (Å²) in [4.78, 5) is 14.3. The predicted molar refractivity (Wildman–Crippen MR) is 84.3 cm³/mol. The van der Waals surface area contributed by atoms with Gasteiger partial charge in [0.25, 0.3) is 5.91 Å². The van der Waals surface area contributed by atoms with Gasteiger partial charge in [0.2, 0.25) is 0 Å². The van der Waals surface area contributed by atoms with Gasteiger partial charge in [0, 0.05) is 31.8 Å². The number of rotatable bonds is 5. The van der Waals surface area contributed by atoms with Crippen molar-refractivity contribution in [1.29, 1.82) is 0 Å². The Morgan fingerprint density at radius 3 is 2.82 bits per heavy atom. The molecular weight excluding hydrogens is 280 g/mol. The van der Waals surface area contributed by atoms with E-state index >= 15 is 0 Å². The average molecular weight is 304 g/mol. The zero-order valence-electron chi connectivity index (χ0n) is 13.1. The van der Waals surface area contributed by atoms with Gasteiger partial charge >= 0.3 is 0 Å². The molecule has 2 heterocycles. The molecule has 1 N–H and O–H groups in total. The molecule has 2 aliphatic rings. The molecule has 0 spiro atoms. The van der Waals surface area contributed by atoms with E-state index in [1.165, 1.54) is 0 Å². The molecule has 1 aromatic carbocycles. The third-order valence-corrected chi connectivity index (χ3v) is 4.46. The third-order valence-electron chi connectivity index (χ3n) is 4.46. The van der Waals surface area contributed by atoms with E-state index < -0.39 is 0 Å². The van der Waals surface area contributed by atoms with Crippen LogP contribution in [0.5, 0.6) is 5.75 Å². The van der Waals surface area contributed by atoms with Gasteiger partial charge in [-0.2, -0.15) is 0 Å². The Balaban J connectivity index is 1.54. The van der Waals surface area contributed by atoms with E-state index in [0.717, 1.165) is 44.7 Å². The first-order chi connectivity index (χ1) is 10.7. The highest BCUT2D eigenvalue weighted by Gasteiger charge is 2.24. The van der Waals surface area contributed by atoms with Gasteiger partial charge in [-0.3, -0.25) is 4.79 Å². The molecule has 2 unspecified atom stereocenters. The zero-order valence-corrected chi connectivity index (χ0v) is 13.1. The Bertz CT molecular complexity index is 491. The molecule has 1 aromatic rings. The van der Waals surface area contributed by atoms with Crippen molar-refractivity contribution in [3.8, 4) is 5.75 Å². The van der Waals surface area contributed by atoms with Crippen LogP contribution in [0, 0.1) is 0 Å². The van der Waals surface area contributed by atoms with Gasteiger partial charge in [0.1, 0.15) is 12.4 Å². The Hall–Kier alpha value is -1.59. The molecule has 2 fully saturated rings. The lowest BCUT2D eigenvalue weighted by atomic mass is 10.1. The molecule has 5 heteroatoms. The predicted octanol–water partition coefficient (Wildman–Crippen LogP) is 1.68. The summed E-state index contributed by atoms with van der Waals surface area (Å²) in [6.07, 6.45) is 3.41. The van der Waals surface area contributed by atoms with Crippen molar-refractivity contribution < 1.29 is 14.3 Å². The van der Waals surface area contributed by atoms with E-state index in [9.17, 15) is 4.79 Å². The van der Waals surface area contributed by atoms with Crippen LogP contribution < -0.4 is 10.1 Å². The van der Waals surface area contributed by atoms with Crippen LogP contribution in [0.3, 0.4) is 0 Å². The molecule has 22 heavy (non-hydrogen) atoms. The smallest absolute Gasteiger partial charge is 0.253 e. The van der Waals surface area contributed by atoms with Crippen molar-refractivity contribution >= 4 is 5.91 Å². The minimum absolute atomic E-state index is 0.0689. The van der Waals surface area contributed by atoms with Gasteiger partial charge in [-0.1, -0.05) is 0 Å². The second-order valence-corrected chi connectivity index (χ2v) is 6.03. The van der Waals surface area contributed by atoms with Crippen LogP contribution in [0.1, 0.15) is 29.6 Å². The van der Waals surface area contributed by atoms with Crippen LogP contribution in [0.4, 0.5) is 0 Å². The first-order valence-electron chi connectivity index (χ1n) is 8.06. The fourth-order valence-corrected chi connectivity index (χ4v) is 3.00. The highest BCUT2D eigenvalue weighted by Crippen LogP contribution is 2.18. The highest BCUT2D eigenvalue weighted by atomic mass is 16.5. The van der Waals surface area contributed by atoms with Crippen molar-refractivity contribution in [3.63, 3.8) is 0 Å². The Kier molecular flexibility index (Phi) is 4.95. The number of benzene rings is 1. The molecule has 0 aromatic heterocycles. The first-order valence-corrected chi connectivity index (χ1v) is 8.06. The molecule has 0 saturated carbocycles. The van der Waals surface area contributed by atoms with E-state index in [1.807, 2.05) is 36.2 Å². The summed E-state index contributed by atoms with van der Waals surface area (Å²) in [5.41, 5.74) is 0.707. The Labute approximate surface area is 131 Å². The lowest BCUT2D eigenvalue weighted by Gasteiger charge is -2.23. The molecule has 0 radical (unpaired) electrons. The monoisotopic (exact) mass is 304 g/mol.